The van der Waals surface area contributed by atoms with Gasteiger partial charge < -0.3 is 5.32 Å². The lowest BCUT2D eigenvalue weighted by Gasteiger charge is -1.93. The van der Waals surface area contributed by atoms with Crippen molar-refractivity contribution in [3.8, 4) is 9.88 Å². The first-order valence-corrected chi connectivity index (χ1v) is 6.57. The average Bonchev–Trinajstić information content (AvgIpc) is 2.75. The molecule has 0 bridgehead atoms. The maximum atomic E-state index is 4.62. The molecular weight excluding hydrogens is 224 g/mol. The van der Waals surface area contributed by atoms with Crippen molar-refractivity contribution in [3.05, 3.63) is 27.6 Å². The van der Waals surface area contributed by atoms with Crippen LogP contribution in [0.3, 0.4) is 0 Å². The highest BCUT2D eigenvalue weighted by Crippen LogP contribution is 2.33. The fourth-order valence-corrected chi connectivity index (χ4v) is 3.60. The monoisotopic (exact) mass is 238 g/mol. The van der Waals surface area contributed by atoms with Crippen molar-refractivity contribution in [3.63, 3.8) is 0 Å². The van der Waals surface area contributed by atoms with E-state index < -0.39 is 0 Å². The molecule has 2 nitrogen and oxygen atoms in total. The first-order valence-electron chi connectivity index (χ1n) is 4.87. The van der Waals surface area contributed by atoms with Crippen molar-refractivity contribution in [1.82, 2.24) is 10.3 Å². The van der Waals surface area contributed by atoms with Gasteiger partial charge >= 0.3 is 0 Å². The van der Waals surface area contributed by atoms with Gasteiger partial charge in [-0.1, -0.05) is 0 Å². The maximum Gasteiger partial charge on any atom is 0.134 e. The van der Waals surface area contributed by atoms with Crippen LogP contribution in [0.1, 0.15) is 16.1 Å². The van der Waals surface area contributed by atoms with E-state index in [2.05, 4.69) is 35.6 Å². The summed E-state index contributed by atoms with van der Waals surface area (Å²) < 4.78 is 0. The number of nitrogens with zero attached hydrogens (tertiary/aromatic N) is 1. The quantitative estimate of drug-likeness (QED) is 0.888. The molecule has 0 spiro atoms. The van der Waals surface area contributed by atoms with Crippen LogP contribution in [0.2, 0.25) is 0 Å². The number of aromatic nitrogens is 1. The van der Waals surface area contributed by atoms with E-state index >= 15 is 0 Å². The second-order valence-corrected chi connectivity index (χ2v) is 5.49. The molecule has 2 rings (SSSR count). The Balaban J connectivity index is 2.38. The molecule has 4 heteroatoms. The number of hydrogen-bond acceptors (Lipinski definition) is 4. The molecule has 2 heterocycles. The molecule has 1 N–H and O–H groups in total. The lowest BCUT2D eigenvalue weighted by molar-refractivity contribution is 0.823. The number of aryl methyl sites for hydroxylation is 2. The number of nitrogens with one attached hydrogen (secondary N) is 1. The molecule has 0 aliphatic rings. The Morgan fingerprint density at radius 1 is 1.40 bits per heavy atom. The van der Waals surface area contributed by atoms with Crippen molar-refractivity contribution in [1.29, 1.82) is 0 Å². The molecule has 15 heavy (non-hydrogen) atoms. The van der Waals surface area contributed by atoms with E-state index in [-0.39, 0.29) is 0 Å². The number of hydrogen-bond donors (Lipinski definition) is 1. The van der Waals surface area contributed by atoms with Crippen molar-refractivity contribution in [2.45, 2.75) is 20.4 Å². The smallest absolute Gasteiger partial charge is 0.134 e. The number of rotatable bonds is 3. The summed E-state index contributed by atoms with van der Waals surface area (Å²) in [5, 5.41) is 6.45. The van der Waals surface area contributed by atoms with E-state index in [1.807, 2.05) is 7.05 Å². The Morgan fingerprint density at radius 2 is 2.20 bits per heavy atom. The molecule has 0 radical (unpaired) electrons. The van der Waals surface area contributed by atoms with Gasteiger partial charge in [-0.25, -0.2) is 4.98 Å². The highest BCUT2D eigenvalue weighted by molar-refractivity contribution is 7.21. The van der Waals surface area contributed by atoms with Crippen LogP contribution < -0.4 is 5.32 Å². The van der Waals surface area contributed by atoms with Crippen molar-refractivity contribution < 1.29 is 0 Å². The second kappa shape index (κ2) is 4.43. The highest BCUT2D eigenvalue weighted by atomic mass is 32.1. The Hall–Kier alpha value is -0.710. The van der Waals surface area contributed by atoms with E-state index in [4.69, 9.17) is 0 Å². The first kappa shape index (κ1) is 10.8. The minimum atomic E-state index is 0.911. The molecule has 0 aliphatic heterocycles. The summed E-state index contributed by atoms with van der Waals surface area (Å²) in [5.74, 6) is 0. The molecule has 0 saturated carbocycles. The van der Waals surface area contributed by atoms with E-state index in [1.54, 1.807) is 22.7 Å². The Kier molecular flexibility index (Phi) is 3.19. The summed E-state index contributed by atoms with van der Waals surface area (Å²) in [6, 6.07) is 2.15. The molecule has 0 aliphatic carbocycles. The lowest BCUT2D eigenvalue weighted by atomic mass is 10.3. The van der Waals surface area contributed by atoms with Gasteiger partial charge in [0.1, 0.15) is 5.01 Å². The van der Waals surface area contributed by atoms with Crippen LogP contribution in [0.25, 0.3) is 9.88 Å². The zero-order valence-corrected chi connectivity index (χ0v) is 10.8. The van der Waals surface area contributed by atoms with Gasteiger partial charge in [0.05, 0.1) is 10.6 Å². The van der Waals surface area contributed by atoms with Gasteiger partial charge in [-0.2, -0.15) is 0 Å². The molecule has 2 aromatic heterocycles. The number of thiophene rings is 1. The fraction of sp³-hybridized carbons (Fsp3) is 0.364. The van der Waals surface area contributed by atoms with Crippen LogP contribution in [-0.4, -0.2) is 12.0 Å². The summed E-state index contributed by atoms with van der Waals surface area (Å²) in [7, 11) is 1.97. The minimum absolute atomic E-state index is 0.911. The van der Waals surface area contributed by atoms with Gasteiger partial charge in [-0.05, 0) is 37.9 Å². The predicted molar refractivity (Wildman–Crippen MR) is 67.7 cm³/mol. The summed E-state index contributed by atoms with van der Waals surface area (Å²) in [6.07, 6.45) is 0. The summed E-state index contributed by atoms with van der Waals surface area (Å²) in [4.78, 5) is 7.27. The third kappa shape index (κ3) is 2.12. The molecule has 2 aromatic rings. The third-order valence-electron chi connectivity index (χ3n) is 2.29. The van der Waals surface area contributed by atoms with Crippen LogP contribution in [0.15, 0.2) is 11.4 Å². The van der Waals surface area contributed by atoms with E-state index in [0.29, 0.717) is 0 Å². The minimum Gasteiger partial charge on any atom is -0.315 e. The highest BCUT2D eigenvalue weighted by Gasteiger charge is 2.11. The summed E-state index contributed by atoms with van der Waals surface area (Å²) in [6.45, 7) is 5.13. The normalized spacial score (nSPS) is 10.9. The average molecular weight is 238 g/mol. The van der Waals surface area contributed by atoms with Crippen LogP contribution >= 0.6 is 22.7 Å². The lowest BCUT2D eigenvalue weighted by Crippen LogP contribution is -2.04. The standard InChI is InChI=1S/C11H14N2S2/c1-7-4-5-14-10(7)11-13-8(2)9(15-11)6-12-3/h4-5,12H,6H2,1-3H3. The van der Waals surface area contributed by atoms with Crippen LogP contribution in [0.5, 0.6) is 0 Å². The second-order valence-electron chi connectivity index (χ2n) is 3.49. The SMILES string of the molecule is CNCc1sc(-c2sccc2C)nc1C. The Morgan fingerprint density at radius 3 is 2.80 bits per heavy atom. The topological polar surface area (TPSA) is 24.9 Å². The molecule has 0 fully saturated rings. The summed E-state index contributed by atoms with van der Waals surface area (Å²) in [5.41, 5.74) is 2.47. The van der Waals surface area contributed by atoms with Gasteiger partial charge in [-0.15, -0.1) is 22.7 Å². The van der Waals surface area contributed by atoms with Crippen molar-refractivity contribution in [2.24, 2.45) is 0 Å². The first-order chi connectivity index (χ1) is 7.22. The Bertz CT molecular complexity index is 457. The third-order valence-corrected chi connectivity index (χ3v) is 4.61. The zero-order chi connectivity index (χ0) is 10.8. The molecule has 0 saturated heterocycles. The van der Waals surface area contributed by atoms with E-state index in [9.17, 15) is 0 Å². The molecule has 0 amide bonds. The van der Waals surface area contributed by atoms with Crippen LogP contribution in [0, 0.1) is 13.8 Å². The van der Waals surface area contributed by atoms with Gasteiger partial charge in [0.15, 0.2) is 0 Å². The van der Waals surface area contributed by atoms with Gasteiger partial charge in [0.2, 0.25) is 0 Å². The largest absolute Gasteiger partial charge is 0.315 e. The van der Waals surface area contributed by atoms with Crippen LogP contribution in [-0.2, 0) is 6.54 Å². The molecular formula is C11H14N2S2. The Labute approximate surface area is 98.0 Å². The summed E-state index contributed by atoms with van der Waals surface area (Å²) >= 11 is 3.56. The van der Waals surface area contributed by atoms with Crippen molar-refractivity contribution in [2.75, 3.05) is 7.05 Å². The molecule has 0 atom stereocenters. The van der Waals surface area contributed by atoms with Gasteiger partial charge in [0.25, 0.3) is 0 Å². The van der Waals surface area contributed by atoms with Crippen molar-refractivity contribution >= 4 is 22.7 Å². The maximum absolute atomic E-state index is 4.62. The van der Waals surface area contributed by atoms with E-state index in [0.717, 1.165) is 17.2 Å². The number of thiazole rings is 1. The van der Waals surface area contributed by atoms with E-state index in [1.165, 1.54) is 15.3 Å². The van der Waals surface area contributed by atoms with Gasteiger partial charge in [-0.3, -0.25) is 0 Å². The molecule has 0 aromatic carbocycles. The predicted octanol–water partition coefficient (Wildman–Crippen LogP) is 3.21. The molecule has 80 valence electrons. The fourth-order valence-electron chi connectivity index (χ4n) is 1.44. The van der Waals surface area contributed by atoms with Gasteiger partial charge in [0, 0.05) is 11.4 Å². The zero-order valence-electron chi connectivity index (χ0n) is 9.13. The molecule has 0 unspecified atom stereocenters. The van der Waals surface area contributed by atoms with Crippen LogP contribution in [0.4, 0.5) is 0 Å².